The molecule has 182 valence electrons. The van der Waals surface area contributed by atoms with Gasteiger partial charge in [-0.2, -0.15) is 26.3 Å². The molecular formula is C26H31F6N. The molecule has 2 aromatic rings. The van der Waals surface area contributed by atoms with E-state index >= 15 is 0 Å². The number of benzene rings is 2. The van der Waals surface area contributed by atoms with Crippen LogP contribution in [0.15, 0.2) is 54.6 Å². The lowest BCUT2D eigenvalue weighted by Gasteiger charge is -2.40. The number of nitrogens with zero attached hydrogens (tertiary/aromatic N) is 1. The lowest BCUT2D eigenvalue weighted by molar-refractivity contribution is -0.231. The summed E-state index contributed by atoms with van der Waals surface area (Å²) in [4.78, 5) is 2.23. The number of aryl methyl sites for hydroxylation is 1. The van der Waals surface area contributed by atoms with Crippen molar-refractivity contribution in [2.75, 3.05) is 20.1 Å². The van der Waals surface area contributed by atoms with E-state index in [2.05, 4.69) is 17.0 Å². The Morgan fingerprint density at radius 3 is 1.82 bits per heavy atom. The van der Waals surface area contributed by atoms with E-state index in [1.165, 1.54) is 17.7 Å². The molecule has 0 aromatic heterocycles. The molecule has 1 aliphatic rings. The highest BCUT2D eigenvalue weighted by Gasteiger charge is 2.56. The van der Waals surface area contributed by atoms with E-state index in [1.54, 1.807) is 12.1 Å². The summed E-state index contributed by atoms with van der Waals surface area (Å²) >= 11 is 0. The SMILES string of the molecule is CN(CCCc1ccc(C2C(C(F)(F)F)CCCC2C(F)(F)F)cc1)CCc1ccccc1. The molecule has 0 bridgehead atoms. The summed E-state index contributed by atoms with van der Waals surface area (Å²) in [6, 6.07) is 16.5. The average molecular weight is 472 g/mol. The highest BCUT2D eigenvalue weighted by Crippen LogP contribution is 2.53. The van der Waals surface area contributed by atoms with Gasteiger partial charge in [-0.05, 0) is 62.4 Å². The molecule has 1 fully saturated rings. The predicted molar refractivity (Wildman–Crippen MR) is 118 cm³/mol. The van der Waals surface area contributed by atoms with E-state index in [1.807, 2.05) is 25.2 Å². The number of alkyl halides is 6. The summed E-state index contributed by atoms with van der Waals surface area (Å²) < 4.78 is 81.4. The Morgan fingerprint density at radius 1 is 0.727 bits per heavy atom. The van der Waals surface area contributed by atoms with Crippen molar-refractivity contribution in [2.45, 2.75) is 56.8 Å². The van der Waals surface area contributed by atoms with Gasteiger partial charge in [-0.3, -0.25) is 0 Å². The van der Waals surface area contributed by atoms with Crippen molar-refractivity contribution < 1.29 is 26.3 Å². The van der Waals surface area contributed by atoms with E-state index in [0.29, 0.717) is 0 Å². The minimum atomic E-state index is -4.64. The van der Waals surface area contributed by atoms with Crippen molar-refractivity contribution in [1.29, 1.82) is 0 Å². The maximum absolute atomic E-state index is 13.6. The van der Waals surface area contributed by atoms with Crippen molar-refractivity contribution >= 4 is 0 Å². The van der Waals surface area contributed by atoms with Gasteiger partial charge in [0.2, 0.25) is 0 Å². The first kappa shape index (κ1) is 25.6. The summed E-state index contributed by atoms with van der Waals surface area (Å²) in [7, 11) is 2.05. The van der Waals surface area contributed by atoms with Crippen LogP contribution in [0.2, 0.25) is 0 Å². The fourth-order valence-corrected chi connectivity index (χ4v) is 4.93. The monoisotopic (exact) mass is 471 g/mol. The zero-order valence-electron chi connectivity index (χ0n) is 18.8. The topological polar surface area (TPSA) is 3.24 Å². The molecule has 1 nitrogen and oxygen atoms in total. The van der Waals surface area contributed by atoms with Crippen LogP contribution in [0.5, 0.6) is 0 Å². The number of halogens is 6. The minimum absolute atomic E-state index is 0.0548. The fraction of sp³-hybridized carbons (Fsp3) is 0.538. The molecule has 2 unspecified atom stereocenters. The fourth-order valence-electron chi connectivity index (χ4n) is 4.93. The van der Waals surface area contributed by atoms with Crippen LogP contribution in [0.1, 0.15) is 48.3 Å². The maximum Gasteiger partial charge on any atom is 0.392 e. The van der Waals surface area contributed by atoms with Gasteiger partial charge in [-0.25, -0.2) is 0 Å². The van der Waals surface area contributed by atoms with Gasteiger partial charge >= 0.3 is 12.4 Å². The summed E-state index contributed by atoms with van der Waals surface area (Å²) in [5.41, 5.74) is 2.35. The smallest absolute Gasteiger partial charge is 0.306 e. The number of likely N-dealkylation sites (N-methyl/N-ethyl adjacent to an activating group) is 1. The molecule has 2 atom stereocenters. The zero-order chi connectivity index (χ0) is 24.1. The lowest BCUT2D eigenvalue weighted by Crippen LogP contribution is -2.42. The first-order chi connectivity index (χ1) is 15.6. The van der Waals surface area contributed by atoms with Gasteiger partial charge in [0.25, 0.3) is 0 Å². The van der Waals surface area contributed by atoms with Gasteiger partial charge in [0.15, 0.2) is 0 Å². The molecular weight excluding hydrogens is 440 g/mol. The Balaban J connectivity index is 1.58. The molecule has 0 amide bonds. The van der Waals surface area contributed by atoms with Crippen LogP contribution < -0.4 is 0 Å². The van der Waals surface area contributed by atoms with Crippen LogP contribution in [0.3, 0.4) is 0 Å². The van der Waals surface area contributed by atoms with E-state index in [0.717, 1.165) is 37.9 Å². The Labute approximate surface area is 191 Å². The summed E-state index contributed by atoms with van der Waals surface area (Å²) in [5, 5.41) is 0. The molecule has 3 rings (SSSR count). The molecule has 0 N–H and O–H groups in total. The second kappa shape index (κ2) is 10.9. The van der Waals surface area contributed by atoms with Crippen molar-refractivity contribution in [1.82, 2.24) is 4.90 Å². The number of rotatable bonds is 8. The van der Waals surface area contributed by atoms with E-state index in [4.69, 9.17) is 0 Å². The summed E-state index contributed by atoms with van der Waals surface area (Å²) in [5.74, 6) is -5.49. The molecule has 7 heteroatoms. The molecule has 1 saturated carbocycles. The number of hydrogen-bond donors (Lipinski definition) is 0. The second-order valence-electron chi connectivity index (χ2n) is 9.14. The van der Waals surface area contributed by atoms with Gasteiger partial charge in [0.05, 0.1) is 11.8 Å². The van der Waals surface area contributed by atoms with Gasteiger partial charge in [-0.1, -0.05) is 61.0 Å². The molecule has 1 aliphatic carbocycles. The molecule has 0 spiro atoms. The first-order valence-corrected chi connectivity index (χ1v) is 11.5. The Morgan fingerprint density at radius 2 is 1.27 bits per heavy atom. The van der Waals surface area contributed by atoms with E-state index < -0.39 is 30.1 Å². The van der Waals surface area contributed by atoms with Crippen LogP contribution in [-0.2, 0) is 12.8 Å². The van der Waals surface area contributed by atoms with Crippen LogP contribution in [0, 0.1) is 11.8 Å². The summed E-state index contributed by atoms with van der Waals surface area (Å²) in [6.45, 7) is 1.78. The third-order valence-corrected chi connectivity index (χ3v) is 6.73. The van der Waals surface area contributed by atoms with Crippen LogP contribution in [-0.4, -0.2) is 37.4 Å². The largest absolute Gasteiger partial charge is 0.392 e. The third-order valence-electron chi connectivity index (χ3n) is 6.73. The van der Waals surface area contributed by atoms with Crippen LogP contribution in [0.25, 0.3) is 0 Å². The normalized spacial score (nSPS) is 22.0. The quantitative estimate of drug-likeness (QED) is 0.362. The van der Waals surface area contributed by atoms with Crippen molar-refractivity contribution in [3.8, 4) is 0 Å². The van der Waals surface area contributed by atoms with Gasteiger partial charge < -0.3 is 4.90 Å². The highest BCUT2D eigenvalue weighted by molar-refractivity contribution is 5.28. The van der Waals surface area contributed by atoms with Crippen LogP contribution >= 0.6 is 0 Å². The van der Waals surface area contributed by atoms with Crippen molar-refractivity contribution in [2.24, 2.45) is 11.8 Å². The highest BCUT2D eigenvalue weighted by atomic mass is 19.4. The van der Waals surface area contributed by atoms with Crippen LogP contribution in [0.4, 0.5) is 26.3 Å². The second-order valence-corrected chi connectivity index (χ2v) is 9.14. The maximum atomic E-state index is 13.6. The molecule has 0 saturated heterocycles. The van der Waals surface area contributed by atoms with E-state index in [9.17, 15) is 26.3 Å². The molecule has 2 aromatic carbocycles. The first-order valence-electron chi connectivity index (χ1n) is 11.5. The van der Waals surface area contributed by atoms with Gasteiger partial charge in [-0.15, -0.1) is 0 Å². The standard InChI is InChI=1S/C26H31F6N/c1-33(18-16-19-7-3-2-4-8-19)17-6-9-20-12-14-21(15-13-20)24-22(25(27,28)29)10-5-11-23(24)26(30,31)32/h2-4,7-8,12-15,22-24H,5-6,9-11,16-18H2,1H3. The Kier molecular flexibility index (Phi) is 8.48. The Bertz CT molecular complexity index is 822. The number of hydrogen-bond acceptors (Lipinski definition) is 1. The Hall–Kier alpha value is -2.02. The predicted octanol–water partition coefficient (Wildman–Crippen LogP) is 7.42. The van der Waals surface area contributed by atoms with Gasteiger partial charge in [0.1, 0.15) is 0 Å². The summed E-state index contributed by atoms with van der Waals surface area (Å²) in [6.07, 6.45) is -7.30. The molecule has 0 aliphatic heterocycles. The van der Waals surface area contributed by atoms with Crippen molar-refractivity contribution in [3.05, 3.63) is 71.3 Å². The molecule has 33 heavy (non-hydrogen) atoms. The molecule has 0 heterocycles. The average Bonchev–Trinajstić information content (AvgIpc) is 2.77. The van der Waals surface area contributed by atoms with Crippen molar-refractivity contribution in [3.63, 3.8) is 0 Å². The minimum Gasteiger partial charge on any atom is -0.306 e. The zero-order valence-corrected chi connectivity index (χ0v) is 18.8. The third kappa shape index (κ3) is 7.23. The van der Waals surface area contributed by atoms with Gasteiger partial charge in [0, 0.05) is 12.5 Å². The lowest BCUT2D eigenvalue weighted by atomic mass is 9.68. The van der Waals surface area contributed by atoms with E-state index in [-0.39, 0.29) is 24.8 Å². The molecule has 0 radical (unpaired) electrons.